The molecule has 1 heterocycles. The number of carbonyl (C=O) groups excluding carboxylic acids is 1. The second-order valence-corrected chi connectivity index (χ2v) is 7.79. The van der Waals surface area contributed by atoms with Crippen molar-refractivity contribution in [2.75, 3.05) is 24.3 Å². The highest BCUT2D eigenvalue weighted by Crippen LogP contribution is 2.38. The van der Waals surface area contributed by atoms with E-state index < -0.39 is 16.1 Å². The molecule has 0 spiro atoms. The van der Waals surface area contributed by atoms with Crippen LogP contribution in [0.25, 0.3) is 0 Å². The van der Waals surface area contributed by atoms with Gasteiger partial charge in [0.1, 0.15) is 17.2 Å². The van der Waals surface area contributed by atoms with E-state index in [4.69, 9.17) is 25.8 Å². The van der Waals surface area contributed by atoms with Crippen LogP contribution >= 0.6 is 11.6 Å². The second kappa shape index (κ2) is 7.16. The molecule has 0 aromatic heterocycles. The van der Waals surface area contributed by atoms with Crippen molar-refractivity contribution in [1.82, 2.24) is 0 Å². The van der Waals surface area contributed by atoms with Gasteiger partial charge in [0.25, 0.3) is 15.9 Å². The summed E-state index contributed by atoms with van der Waals surface area (Å²) in [5.41, 5.74) is 0.437. The lowest BCUT2D eigenvalue weighted by Gasteiger charge is -2.23. The molecule has 0 bridgehead atoms. The van der Waals surface area contributed by atoms with Gasteiger partial charge in [-0.05, 0) is 25.1 Å². The fourth-order valence-corrected chi connectivity index (χ4v) is 3.82. The van der Waals surface area contributed by atoms with Crippen molar-refractivity contribution in [3.63, 3.8) is 0 Å². The molecule has 0 fully saturated rings. The molecule has 0 radical (unpaired) electrons. The van der Waals surface area contributed by atoms with Crippen LogP contribution in [0.1, 0.15) is 6.92 Å². The highest BCUT2D eigenvalue weighted by atomic mass is 35.5. The second-order valence-electron chi connectivity index (χ2n) is 5.70. The molecule has 1 aliphatic rings. The van der Waals surface area contributed by atoms with Crippen molar-refractivity contribution < 1.29 is 27.4 Å². The Bertz CT molecular complexity index is 1010. The molecule has 144 valence electrons. The normalized spacial score (nSPS) is 16.0. The summed E-state index contributed by atoms with van der Waals surface area (Å²) in [6.45, 7) is 1.60. The van der Waals surface area contributed by atoms with Gasteiger partial charge in [0, 0.05) is 12.1 Å². The van der Waals surface area contributed by atoms with E-state index in [0.717, 1.165) is 0 Å². The third-order valence-corrected chi connectivity index (χ3v) is 5.57. The average Bonchev–Trinajstić information content (AvgIpc) is 2.63. The number of rotatable bonds is 5. The molecule has 1 unspecified atom stereocenters. The third-order valence-electron chi connectivity index (χ3n) is 3.91. The summed E-state index contributed by atoms with van der Waals surface area (Å²) < 4.78 is 43.7. The number of hydrogen-bond acceptors (Lipinski definition) is 6. The van der Waals surface area contributed by atoms with Crippen LogP contribution in [-0.2, 0) is 14.8 Å². The molecule has 1 aliphatic heterocycles. The Morgan fingerprint density at radius 3 is 2.52 bits per heavy atom. The average molecular weight is 413 g/mol. The third kappa shape index (κ3) is 3.74. The lowest BCUT2D eigenvalue weighted by Crippen LogP contribution is -2.34. The van der Waals surface area contributed by atoms with Gasteiger partial charge >= 0.3 is 0 Å². The summed E-state index contributed by atoms with van der Waals surface area (Å²) in [5.74, 6) is 0.559. The molecule has 8 nitrogen and oxygen atoms in total. The van der Waals surface area contributed by atoms with Crippen LogP contribution in [0.3, 0.4) is 0 Å². The van der Waals surface area contributed by atoms with Gasteiger partial charge in [0.15, 0.2) is 6.10 Å². The van der Waals surface area contributed by atoms with Crippen molar-refractivity contribution in [2.45, 2.75) is 17.9 Å². The van der Waals surface area contributed by atoms with Gasteiger partial charge in [-0.2, -0.15) is 0 Å². The van der Waals surface area contributed by atoms with E-state index in [9.17, 15) is 13.2 Å². The first-order valence-corrected chi connectivity index (χ1v) is 9.67. The fraction of sp³-hybridized carbons (Fsp3) is 0.235. The first-order valence-electron chi connectivity index (χ1n) is 7.81. The van der Waals surface area contributed by atoms with Crippen LogP contribution < -0.4 is 24.2 Å². The van der Waals surface area contributed by atoms with E-state index in [0.29, 0.717) is 5.75 Å². The molecule has 2 aromatic rings. The number of sulfonamides is 1. The zero-order chi connectivity index (χ0) is 19.8. The van der Waals surface area contributed by atoms with Gasteiger partial charge in [0.05, 0.1) is 35.5 Å². The van der Waals surface area contributed by atoms with Gasteiger partial charge in [0.2, 0.25) is 0 Å². The monoisotopic (exact) mass is 412 g/mol. The van der Waals surface area contributed by atoms with Gasteiger partial charge in [-0.1, -0.05) is 11.6 Å². The predicted octanol–water partition coefficient (Wildman–Crippen LogP) is 2.88. The lowest BCUT2D eigenvalue weighted by molar-refractivity contribution is -0.122. The van der Waals surface area contributed by atoms with Crippen molar-refractivity contribution in [1.29, 1.82) is 0 Å². The molecule has 1 atom stereocenters. The maximum atomic E-state index is 12.8. The van der Waals surface area contributed by atoms with Crippen LogP contribution in [0.4, 0.5) is 11.4 Å². The molecule has 0 saturated heterocycles. The van der Waals surface area contributed by atoms with Crippen LogP contribution in [0, 0.1) is 0 Å². The summed E-state index contributed by atoms with van der Waals surface area (Å²) in [5, 5.41) is 2.89. The number of methoxy groups -OCH3 is 2. The number of fused-ring (bicyclic) bond motifs is 1. The summed E-state index contributed by atoms with van der Waals surface area (Å²) >= 11 is 6.04. The van der Waals surface area contributed by atoms with E-state index in [1.165, 1.54) is 44.6 Å². The summed E-state index contributed by atoms with van der Waals surface area (Å²) in [6, 6.07) is 7.05. The molecule has 0 saturated carbocycles. The molecule has 2 N–H and O–H groups in total. The minimum Gasteiger partial charge on any atom is -0.495 e. The van der Waals surface area contributed by atoms with Crippen molar-refractivity contribution in [2.24, 2.45) is 0 Å². The van der Waals surface area contributed by atoms with Crippen molar-refractivity contribution in [3.05, 3.63) is 35.4 Å². The van der Waals surface area contributed by atoms with Crippen LogP contribution in [0.15, 0.2) is 35.2 Å². The molecular formula is C17H17ClN2O6S. The van der Waals surface area contributed by atoms with E-state index in [1.54, 1.807) is 6.92 Å². The Hall–Kier alpha value is -2.65. The van der Waals surface area contributed by atoms with E-state index in [-0.39, 0.29) is 38.7 Å². The Morgan fingerprint density at radius 2 is 1.85 bits per heavy atom. The Kier molecular flexibility index (Phi) is 5.07. The first kappa shape index (κ1) is 19.1. The zero-order valence-electron chi connectivity index (χ0n) is 14.7. The number of benzene rings is 2. The Balaban J connectivity index is 1.97. The molecule has 27 heavy (non-hydrogen) atoms. The van der Waals surface area contributed by atoms with Crippen LogP contribution in [0.2, 0.25) is 5.02 Å². The lowest BCUT2D eigenvalue weighted by atomic mass is 10.2. The van der Waals surface area contributed by atoms with E-state index in [1.807, 2.05) is 0 Å². The number of amides is 1. The molecule has 2 aromatic carbocycles. The minimum absolute atomic E-state index is 0.0596. The number of halogens is 1. The summed E-state index contributed by atoms with van der Waals surface area (Å²) in [4.78, 5) is 11.7. The highest BCUT2D eigenvalue weighted by molar-refractivity contribution is 7.92. The fourth-order valence-electron chi connectivity index (χ4n) is 2.50. The van der Waals surface area contributed by atoms with Gasteiger partial charge in [-0.3, -0.25) is 9.52 Å². The maximum Gasteiger partial charge on any atom is 0.265 e. The predicted molar refractivity (Wildman–Crippen MR) is 101 cm³/mol. The largest absolute Gasteiger partial charge is 0.495 e. The molecule has 0 aliphatic carbocycles. The van der Waals surface area contributed by atoms with E-state index >= 15 is 0 Å². The zero-order valence-corrected chi connectivity index (χ0v) is 16.3. The van der Waals surface area contributed by atoms with Crippen LogP contribution in [-0.4, -0.2) is 34.6 Å². The van der Waals surface area contributed by atoms with E-state index in [2.05, 4.69) is 10.0 Å². The Morgan fingerprint density at radius 1 is 1.15 bits per heavy atom. The molecule has 10 heteroatoms. The molecule has 3 rings (SSSR count). The number of anilines is 2. The summed E-state index contributed by atoms with van der Waals surface area (Å²) in [7, 11) is -1.18. The molecular weight excluding hydrogens is 396 g/mol. The summed E-state index contributed by atoms with van der Waals surface area (Å²) in [6.07, 6.45) is -0.649. The maximum absolute atomic E-state index is 12.8. The van der Waals surface area contributed by atoms with Crippen LogP contribution in [0.5, 0.6) is 17.2 Å². The van der Waals surface area contributed by atoms with Gasteiger partial charge in [-0.15, -0.1) is 0 Å². The minimum atomic E-state index is -3.98. The van der Waals surface area contributed by atoms with Gasteiger partial charge < -0.3 is 19.5 Å². The van der Waals surface area contributed by atoms with Crippen molar-refractivity contribution >= 4 is 38.9 Å². The standard InChI is InChI=1S/C17H17ClN2O6S/c1-9-17(21)19-12-6-10(4-5-14(12)26-9)27(22,23)20-13-8-15(24-2)11(18)7-16(13)25-3/h4-9,20H,1-3H3,(H,19,21). The van der Waals surface area contributed by atoms with Gasteiger partial charge in [-0.25, -0.2) is 8.42 Å². The SMILES string of the molecule is COc1cc(NS(=O)(=O)c2ccc3c(c2)NC(=O)C(C)O3)c(OC)cc1Cl. The number of ether oxygens (including phenoxy) is 3. The highest BCUT2D eigenvalue weighted by Gasteiger charge is 2.26. The van der Waals surface area contributed by atoms with Crippen molar-refractivity contribution in [3.8, 4) is 17.2 Å². The Labute approximate surface area is 161 Å². The molecule has 1 amide bonds. The first-order chi connectivity index (χ1) is 12.7. The topological polar surface area (TPSA) is 103 Å². The number of hydrogen-bond donors (Lipinski definition) is 2. The number of carbonyl (C=O) groups is 1. The quantitative estimate of drug-likeness (QED) is 0.782. The smallest absolute Gasteiger partial charge is 0.265 e. The number of nitrogens with one attached hydrogen (secondary N) is 2.